The summed E-state index contributed by atoms with van der Waals surface area (Å²) in [6, 6.07) is 5.36. The first-order valence-electron chi connectivity index (χ1n) is 6.64. The van der Waals surface area contributed by atoms with Gasteiger partial charge in [-0.1, -0.05) is 13.8 Å². The maximum Gasteiger partial charge on any atom is 0.144 e. The third-order valence-corrected chi connectivity index (χ3v) is 4.08. The molecule has 0 unspecified atom stereocenters. The topological polar surface area (TPSA) is 62.2 Å². The van der Waals surface area contributed by atoms with Crippen LogP contribution in [0.2, 0.25) is 0 Å². The summed E-state index contributed by atoms with van der Waals surface area (Å²) in [6.07, 6.45) is 3.88. The Morgan fingerprint density at radius 2 is 2.16 bits per heavy atom. The molecule has 1 atom stereocenters. The lowest BCUT2D eigenvalue weighted by atomic mass is 10.2. The number of anilines is 1. The van der Waals surface area contributed by atoms with Gasteiger partial charge in [0.2, 0.25) is 0 Å². The Morgan fingerprint density at radius 3 is 2.68 bits per heavy atom. The molecule has 1 aliphatic rings. The van der Waals surface area contributed by atoms with Gasteiger partial charge in [-0.05, 0) is 37.0 Å². The molecule has 0 aromatic heterocycles. The van der Waals surface area contributed by atoms with Crippen LogP contribution in [-0.2, 0) is 9.73 Å². The van der Waals surface area contributed by atoms with Crippen molar-refractivity contribution in [3.05, 3.63) is 18.2 Å². The summed E-state index contributed by atoms with van der Waals surface area (Å²) in [6.45, 7) is 5.15. The van der Waals surface area contributed by atoms with Crippen molar-refractivity contribution in [2.75, 3.05) is 18.1 Å². The van der Waals surface area contributed by atoms with Crippen LogP contribution >= 0.6 is 0 Å². The molecule has 1 saturated carbocycles. The van der Waals surface area contributed by atoms with Crippen molar-refractivity contribution in [3.63, 3.8) is 0 Å². The van der Waals surface area contributed by atoms with E-state index in [0.717, 1.165) is 30.8 Å². The fraction of sp³-hybridized carbons (Fsp3) is 0.571. The molecule has 1 aromatic carbocycles. The molecule has 0 heterocycles. The minimum atomic E-state index is -2.70. The molecule has 1 aromatic rings. The smallest absolute Gasteiger partial charge is 0.144 e. The average Bonchev–Trinajstić information content (AvgIpc) is 3.09. The number of hydrogen-bond acceptors (Lipinski definition) is 4. The summed E-state index contributed by atoms with van der Waals surface area (Å²) >= 11 is 0. The largest absolute Gasteiger partial charge is 0.488 e. The second-order valence-corrected chi connectivity index (χ2v) is 7.75. The van der Waals surface area contributed by atoms with Crippen molar-refractivity contribution in [1.82, 2.24) is 0 Å². The van der Waals surface area contributed by atoms with Gasteiger partial charge in [-0.3, -0.25) is 0 Å². The summed E-state index contributed by atoms with van der Waals surface area (Å²) in [4.78, 5) is 0.526. The van der Waals surface area contributed by atoms with Gasteiger partial charge in [0.15, 0.2) is 0 Å². The monoisotopic (exact) mass is 282 g/mol. The molecule has 4 nitrogen and oxygen atoms in total. The van der Waals surface area contributed by atoms with Crippen molar-refractivity contribution in [2.45, 2.75) is 37.7 Å². The van der Waals surface area contributed by atoms with Crippen LogP contribution in [0.1, 0.15) is 26.7 Å². The second kappa shape index (κ2) is 5.41. The summed E-state index contributed by atoms with van der Waals surface area (Å²) in [5, 5.41) is 3.35. The van der Waals surface area contributed by atoms with Crippen molar-refractivity contribution in [2.24, 2.45) is 5.92 Å². The summed E-state index contributed by atoms with van der Waals surface area (Å²) in [5.41, 5.74) is 0.924. The number of benzene rings is 1. The van der Waals surface area contributed by atoms with Gasteiger partial charge >= 0.3 is 0 Å². The molecule has 0 radical (unpaired) electrons. The van der Waals surface area contributed by atoms with Crippen LogP contribution in [-0.4, -0.2) is 23.1 Å². The highest BCUT2D eigenvalue weighted by Crippen LogP contribution is 2.34. The molecule has 106 valence electrons. The molecular weight excluding hydrogens is 260 g/mol. The van der Waals surface area contributed by atoms with Gasteiger partial charge < -0.3 is 10.1 Å². The minimum Gasteiger partial charge on any atom is -0.488 e. The van der Waals surface area contributed by atoms with E-state index in [1.807, 2.05) is 6.07 Å². The molecule has 2 rings (SSSR count). The normalized spacial score (nSPS) is 18.1. The maximum absolute atomic E-state index is 11.8. The van der Waals surface area contributed by atoms with E-state index in [-0.39, 0.29) is 6.10 Å². The van der Waals surface area contributed by atoms with E-state index in [4.69, 9.17) is 9.52 Å². The quantitative estimate of drug-likeness (QED) is 0.841. The fourth-order valence-electron chi connectivity index (χ4n) is 1.67. The molecule has 2 N–H and O–H groups in total. The lowest BCUT2D eigenvalue weighted by molar-refractivity contribution is 0.304. The van der Waals surface area contributed by atoms with Crippen molar-refractivity contribution in [3.8, 4) is 5.75 Å². The number of nitrogens with one attached hydrogen (secondary N) is 2. The SMILES string of the molecule is CC(C)CNc1ccc([S@](C)(=N)=O)cc1OC1CC1. The molecule has 5 heteroatoms. The maximum atomic E-state index is 11.8. The van der Waals surface area contributed by atoms with Gasteiger partial charge in [-0.15, -0.1) is 0 Å². The lowest BCUT2D eigenvalue weighted by Crippen LogP contribution is -2.10. The zero-order chi connectivity index (χ0) is 14.0. The highest BCUT2D eigenvalue weighted by atomic mass is 32.2. The number of hydrogen-bond donors (Lipinski definition) is 2. The summed E-state index contributed by atoms with van der Waals surface area (Å²) in [5.74, 6) is 1.27. The van der Waals surface area contributed by atoms with Gasteiger partial charge in [-0.2, -0.15) is 0 Å². The molecule has 0 amide bonds. The molecule has 0 aliphatic heterocycles. The Bertz CT molecular complexity index is 549. The molecule has 19 heavy (non-hydrogen) atoms. The number of ether oxygens (including phenoxy) is 1. The molecule has 1 fully saturated rings. The van der Waals surface area contributed by atoms with Gasteiger partial charge in [0.25, 0.3) is 0 Å². The molecule has 0 bridgehead atoms. The first-order chi connectivity index (χ1) is 8.86. The molecule has 0 saturated heterocycles. The van der Waals surface area contributed by atoms with Crippen LogP contribution in [0.3, 0.4) is 0 Å². The molecular formula is C14H22N2O2S. The van der Waals surface area contributed by atoms with Crippen LogP contribution < -0.4 is 10.1 Å². The Hall–Kier alpha value is -1.23. The van der Waals surface area contributed by atoms with Crippen molar-refractivity contribution < 1.29 is 8.95 Å². The average molecular weight is 282 g/mol. The predicted octanol–water partition coefficient (Wildman–Crippen LogP) is 3.33. The van der Waals surface area contributed by atoms with Gasteiger partial charge in [-0.25, -0.2) is 8.99 Å². The van der Waals surface area contributed by atoms with E-state index in [1.54, 1.807) is 12.1 Å². The van der Waals surface area contributed by atoms with Gasteiger partial charge in [0, 0.05) is 12.8 Å². The second-order valence-electron chi connectivity index (χ2n) is 5.59. The Balaban J connectivity index is 2.25. The van der Waals surface area contributed by atoms with Crippen LogP contribution in [0.5, 0.6) is 5.75 Å². The standard InChI is InChI=1S/C14H22N2O2S/c1-10(2)9-16-13-7-6-12(19(3,15)17)8-14(13)18-11-4-5-11/h6-8,10-11,15-16H,4-5,9H2,1-3H3/t19-/m1/s1. The van der Waals surface area contributed by atoms with E-state index < -0.39 is 9.73 Å². The first kappa shape index (κ1) is 14.2. The fourth-order valence-corrected chi connectivity index (χ4v) is 2.33. The van der Waals surface area contributed by atoms with Crippen LogP contribution in [0.4, 0.5) is 5.69 Å². The van der Waals surface area contributed by atoms with Crippen LogP contribution in [0.15, 0.2) is 23.1 Å². The van der Waals surface area contributed by atoms with E-state index in [9.17, 15) is 4.21 Å². The first-order valence-corrected chi connectivity index (χ1v) is 8.61. The Labute approximate surface area is 115 Å². The molecule has 1 aliphatic carbocycles. The predicted molar refractivity (Wildman–Crippen MR) is 78.5 cm³/mol. The van der Waals surface area contributed by atoms with E-state index in [1.165, 1.54) is 6.26 Å². The Kier molecular flexibility index (Phi) is 4.04. The summed E-state index contributed by atoms with van der Waals surface area (Å²) < 4.78 is 25.3. The lowest BCUT2D eigenvalue weighted by Gasteiger charge is -2.15. The zero-order valence-electron chi connectivity index (χ0n) is 11.7. The van der Waals surface area contributed by atoms with E-state index in [2.05, 4.69) is 19.2 Å². The van der Waals surface area contributed by atoms with E-state index in [0.29, 0.717) is 10.8 Å². The Morgan fingerprint density at radius 1 is 1.47 bits per heavy atom. The van der Waals surface area contributed by atoms with Crippen molar-refractivity contribution in [1.29, 1.82) is 4.78 Å². The van der Waals surface area contributed by atoms with Crippen LogP contribution in [0.25, 0.3) is 0 Å². The number of rotatable bonds is 6. The third-order valence-electron chi connectivity index (χ3n) is 2.92. The van der Waals surface area contributed by atoms with Crippen molar-refractivity contribution >= 4 is 15.4 Å². The zero-order valence-corrected chi connectivity index (χ0v) is 12.5. The van der Waals surface area contributed by atoms with Crippen LogP contribution in [0, 0.1) is 10.7 Å². The molecule has 0 spiro atoms. The summed E-state index contributed by atoms with van der Waals surface area (Å²) in [7, 11) is -2.70. The highest BCUT2D eigenvalue weighted by Gasteiger charge is 2.25. The van der Waals surface area contributed by atoms with Gasteiger partial charge in [0.1, 0.15) is 5.75 Å². The highest BCUT2D eigenvalue weighted by molar-refractivity contribution is 7.91. The minimum absolute atomic E-state index is 0.286. The third kappa shape index (κ3) is 4.13. The van der Waals surface area contributed by atoms with Gasteiger partial charge in [0.05, 0.1) is 26.4 Å². The van der Waals surface area contributed by atoms with E-state index >= 15 is 0 Å².